The van der Waals surface area contributed by atoms with Gasteiger partial charge >= 0.3 is 5.69 Å². The van der Waals surface area contributed by atoms with E-state index in [1.54, 1.807) is 4.57 Å². The van der Waals surface area contributed by atoms with Crippen LogP contribution in [-0.2, 0) is 13.1 Å². The summed E-state index contributed by atoms with van der Waals surface area (Å²) < 4.78 is 4.89. The van der Waals surface area contributed by atoms with Gasteiger partial charge in [0.15, 0.2) is 11.2 Å². The van der Waals surface area contributed by atoms with Crippen LogP contribution in [0.5, 0.6) is 0 Å². The predicted octanol–water partition coefficient (Wildman–Crippen LogP) is 5.02. The average Bonchev–Trinajstić information content (AvgIpc) is 3.65. The highest BCUT2D eigenvalue weighted by molar-refractivity contribution is 5.80. The molecule has 6 rings (SSSR count). The second kappa shape index (κ2) is 11.0. The summed E-state index contributed by atoms with van der Waals surface area (Å²) in [4.78, 5) is 32.6. The van der Waals surface area contributed by atoms with Gasteiger partial charge < -0.3 is 4.57 Å². The van der Waals surface area contributed by atoms with Gasteiger partial charge in [-0.15, -0.1) is 10.2 Å². The smallest absolute Gasteiger partial charge is 0.317 e. The molecule has 0 saturated carbocycles. The largest absolute Gasteiger partial charge is 0.337 e. The number of aromatic nitrogens is 8. The first-order valence-electron chi connectivity index (χ1n) is 14.1. The van der Waals surface area contributed by atoms with E-state index in [-0.39, 0.29) is 23.1 Å². The van der Waals surface area contributed by atoms with Gasteiger partial charge in [-0.25, -0.2) is 14.3 Å². The standard InChI is InChI=1S/C32H32N8O2/c1-20(2)18-39-31(41)27-30(40(32(39)42)24-10-6-5-7-11-24)33-29(21(3)4)38(27)19-22-14-16-23(17-15-22)25-12-8-9-13-26(25)28-34-36-37-35-28/h5-17,20-21H,18-19H2,1-4H3,(H,34,35,36,37). The Bertz CT molecular complexity index is 1970. The lowest BCUT2D eigenvalue weighted by atomic mass is 9.98. The fraction of sp³-hybridized carbons (Fsp3) is 0.250. The van der Waals surface area contributed by atoms with E-state index in [4.69, 9.17) is 4.98 Å². The third kappa shape index (κ3) is 4.85. The maximum Gasteiger partial charge on any atom is 0.337 e. The van der Waals surface area contributed by atoms with Crippen molar-refractivity contribution in [3.05, 3.63) is 111 Å². The van der Waals surface area contributed by atoms with Gasteiger partial charge in [0.25, 0.3) is 5.56 Å². The van der Waals surface area contributed by atoms with Gasteiger partial charge in [-0.1, -0.05) is 94.4 Å². The molecular formula is C32H32N8O2. The lowest BCUT2D eigenvalue weighted by Gasteiger charge is -2.15. The Morgan fingerprint density at radius 2 is 1.50 bits per heavy atom. The van der Waals surface area contributed by atoms with Crippen LogP contribution in [0, 0.1) is 5.92 Å². The summed E-state index contributed by atoms with van der Waals surface area (Å²) >= 11 is 0. The molecule has 0 aliphatic rings. The van der Waals surface area contributed by atoms with Crippen LogP contribution in [0.1, 0.15) is 45.0 Å². The summed E-state index contributed by atoms with van der Waals surface area (Å²) in [6.45, 7) is 8.84. The fourth-order valence-corrected chi connectivity index (χ4v) is 5.36. The molecule has 0 bridgehead atoms. The summed E-state index contributed by atoms with van der Waals surface area (Å²) in [5.74, 6) is 1.42. The number of hydrogen-bond acceptors (Lipinski definition) is 6. The molecule has 3 aromatic carbocycles. The lowest BCUT2D eigenvalue weighted by Crippen LogP contribution is -2.41. The van der Waals surface area contributed by atoms with Crippen molar-refractivity contribution in [1.29, 1.82) is 0 Å². The molecule has 0 spiro atoms. The molecule has 0 atom stereocenters. The minimum absolute atomic E-state index is 0.0239. The highest BCUT2D eigenvalue weighted by Gasteiger charge is 2.24. The second-order valence-electron chi connectivity index (χ2n) is 11.1. The number of imidazole rings is 1. The van der Waals surface area contributed by atoms with Gasteiger partial charge in [-0.05, 0) is 40.0 Å². The molecule has 0 amide bonds. The van der Waals surface area contributed by atoms with Crippen molar-refractivity contribution >= 4 is 11.2 Å². The number of rotatable bonds is 8. The predicted molar refractivity (Wildman–Crippen MR) is 163 cm³/mol. The first kappa shape index (κ1) is 27.1. The van der Waals surface area contributed by atoms with Gasteiger partial charge in [0.05, 0.1) is 5.69 Å². The van der Waals surface area contributed by atoms with Crippen molar-refractivity contribution in [3.8, 4) is 28.2 Å². The van der Waals surface area contributed by atoms with Crippen LogP contribution in [0.15, 0.2) is 88.5 Å². The molecule has 0 fully saturated rings. The van der Waals surface area contributed by atoms with Crippen LogP contribution < -0.4 is 11.2 Å². The highest BCUT2D eigenvalue weighted by atomic mass is 16.2. The van der Waals surface area contributed by atoms with Gasteiger partial charge in [0, 0.05) is 24.6 Å². The molecule has 10 nitrogen and oxygen atoms in total. The summed E-state index contributed by atoms with van der Waals surface area (Å²) in [6, 6.07) is 25.5. The van der Waals surface area contributed by atoms with Crippen molar-refractivity contribution in [2.75, 3.05) is 0 Å². The van der Waals surface area contributed by atoms with Crippen molar-refractivity contribution in [2.45, 2.75) is 46.7 Å². The minimum atomic E-state index is -0.378. The summed E-state index contributed by atoms with van der Waals surface area (Å²) in [6.07, 6.45) is 0. The third-order valence-corrected chi connectivity index (χ3v) is 7.26. The van der Waals surface area contributed by atoms with Crippen LogP contribution in [0.2, 0.25) is 0 Å². The van der Waals surface area contributed by atoms with Gasteiger partial charge in [-0.2, -0.15) is 5.21 Å². The first-order chi connectivity index (χ1) is 20.3. The molecule has 0 aliphatic heterocycles. The third-order valence-electron chi connectivity index (χ3n) is 7.26. The molecule has 0 radical (unpaired) electrons. The number of para-hydroxylation sites is 1. The topological polar surface area (TPSA) is 116 Å². The molecule has 42 heavy (non-hydrogen) atoms. The Hall–Kier alpha value is -5.12. The van der Waals surface area contributed by atoms with Gasteiger partial charge in [-0.3, -0.25) is 9.36 Å². The van der Waals surface area contributed by atoms with E-state index in [0.29, 0.717) is 35.8 Å². The molecule has 10 heteroatoms. The molecule has 1 N–H and O–H groups in total. The number of benzene rings is 3. The average molecular weight is 561 g/mol. The number of tetrazole rings is 1. The Kier molecular flexibility index (Phi) is 7.12. The van der Waals surface area contributed by atoms with E-state index in [0.717, 1.165) is 28.1 Å². The zero-order chi connectivity index (χ0) is 29.4. The van der Waals surface area contributed by atoms with Crippen molar-refractivity contribution in [2.24, 2.45) is 5.92 Å². The van der Waals surface area contributed by atoms with E-state index >= 15 is 0 Å². The fourth-order valence-electron chi connectivity index (χ4n) is 5.36. The molecule has 0 unspecified atom stereocenters. The summed E-state index contributed by atoms with van der Waals surface area (Å²) in [5.41, 5.74) is 4.67. The van der Waals surface area contributed by atoms with E-state index in [2.05, 4.69) is 44.9 Å². The SMILES string of the molecule is CC(C)Cn1c(=O)c2c(nc(C(C)C)n2Cc2ccc(-c3ccccc3-c3nn[nH]n3)cc2)n(-c2ccccc2)c1=O. The van der Waals surface area contributed by atoms with E-state index < -0.39 is 0 Å². The summed E-state index contributed by atoms with van der Waals surface area (Å²) in [7, 11) is 0. The molecule has 0 saturated heterocycles. The van der Waals surface area contributed by atoms with Gasteiger partial charge in [0.1, 0.15) is 5.82 Å². The molecule has 212 valence electrons. The monoisotopic (exact) mass is 560 g/mol. The van der Waals surface area contributed by atoms with E-state index in [1.807, 2.05) is 86.9 Å². The molecule has 0 aliphatic carbocycles. The van der Waals surface area contributed by atoms with E-state index in [9.17, 15) is 9.59 Å². The maximum absolute atomic E-state index is 14.0. The van der Waals surface area contributed by atoms with Crippen molar-refractivity contribution in [3.63, 3.8) is 0 Å². The zero-order valence-corrected chi connectivity index (χ0v) is 24.0. The van der Waals surface area contributed by atoms with Crippen LogP contribution >= 0.6 is 0 Å². The van der Waals surface area contributed by atoms with Crippen molar-refractivity contribution in [1.82, 2.24) is 39.3 Å². The Labute approximate surface area is 242 Å². The number of hydrogen-bond donors (Lipinski definition) is 1. The number of nitrogens with one attached hydrogen (secondary N) is 1. The number of H-pyrrole nitrogens is 1. The second-order valence-corrected chi connectivity index (χ2v) is 11.1. The first-order valence-corrected chi connectivity index (χ1v) is 14.1. The summed E-state index contributed by atoms with van der Waals surface area (Å²) in [5, 5.41) is 14.5. The zero-order valence-electron chi connectivity index (χ0n) is 24.0. The molecule has 3 heterocycles. The van der Waals surface area contributed by atoms with Crippen LogP contribution in [0.25, 0.3) is 39.4 Å². The van der Waals surface area contributed by atoms with Crippen LogP contribution in [-0.4, -0.2) is 39.3 Å². The highest BCUT2D eigenvalue weighted by Crippen LogP contribution is 2.30. The number of aromatic amines is 1. The minimum Gasteiger partial charge on any atom is -0.317 e. The lowest BCUT2D eigenvalue weighted by molar-refractivity contribution is 0.489. The quantitative estimate of drug-likeness (QED) is 0.279. The maximum atomic E-state index is 14.0. The van der Waals surface area contributed by atoms with Crippen LogP contribution in [0.3, 0.4) is 0 Å². The van der Waals surface area contributed by atoms with E-state index in [1.165, 1.54) is 4.57 Å². The Balaban J connectivity index is 1.49. The normalized spacial score (nSPS) is 11.7. The van der Waals surface area contributed by atoms with Crippen molar-refractivity contribution < 1.29 is 0 Å². The Morgan fingerprint density at radius 1 is 0.810 bits per heavy atom. The number of fused-ring (bicyclic) bond motifs is 1. The van der Waals surface area contributed by atoms with Crippen LogP contribution in [0.4, 0.5) is 0 Å². The molecule has 3 aromatic heterocycles. The number of nitrogens with zero attached hydrogens (tertiary/aromatic N) is 7. The Morgan fingerprint density at radius 3 is 2.14 bits per heavy atom. The molecular weight excluding hydrogens is 528 g/mol. The molecule has 6 aromatic rings. The van der Waals surface area contributed by atoms with Gasteiger partial charge in [0.2, 0.25) is 5.82 Å².